The fourth-order valence-electron chi connectivity index (χ4n) is 2.91. The topological polar surface area (TPSA) is 36.4 Å². The Morgan fingerprint density at radius 2 is 1.69 bits per heavy atom. The number of carbonyl (C=O) groups excluding carboxylic acids is 1. The number of aromatic nitrogens is 1. The maximum Gasteiger partial charge on any atom is 0.260 e. The summed E-state index contributed by atoms with van der Waals surface area (Å²) in [5.74, 6) is 0.000260. The van der Waals surface area contributed by atoms with Gasteiger partial charge >= 0.3 is 0 Å². The average Bonchev–Trinajstić information content (AvgIpc) is 2.99. The summed E-state index contributed by atoms with van der Waals surface area (Å²) in [6.07, 6.45) is 0. The number of likely N-dealkylation sites (N-methyl/N-ethyl adjacent to an activating group) is 1. The molecule has 0 unspecified atom stereocenters. The molecular weight excluding hydrogens is 342 g/mol. The summed E-state index contributed by atoms with van der Waals surface area (Å²) in [5.41, 5.74) is 5.20. The number of aryl methyl sites for hydroxylation is 3. The highest BCUT2D eigenvalue weighted by molar-refractivity contribution is 7.22. The van der Waals surface area contributed by atoms with Gasteiger partial charge in [0.25, 0.3) is 5.91 Å². The average molecular weight is 368 g/mol. The van der Waals surface area contributed by atoms with E-state index in [0.717, 1.165) is 33.0 Å². The normalized spacial score (nSPS) is 11.3. The van der Waals surface area contributed by atoms with Gasteiger partial charge in [-0.25, -0.2) is 4.98 Å². The summed E-state index contributed by atoms with van der Waals surface area (Å²) in [6, 6.07) is 12.0. The van der Waals surface area contributed by atoms with Gasteiger partial charge < -0.3 is 4.90 Å². The first-order valence-corrected chi connectivity index (χ1v) is 9.58. The zero-order valence-electron chi connectivity index (χ0n) is 16.0. The van der Waals surface area contributed by atoms with Crippen LogP contribution in [0.25, 0.3) is 10.2 Å². The predicted octanol–water partition coefficient (Wildman–Crippen LogP) is 4.43. The van der Waals surface area contributed by atoms with Crippen LogP contribution in [0, 0.1) is 20.8 Å². The first-order valence-electron chi connectivity index (χ1n) is 8.76. The standard InChI is InChI=1S/C21H25N3OS/c1-14-6-8-17(9-7-14)20(25)24(11-10-23(4)5)21-22-19-16(3)12-15(2)13-18(19)26-21/h6-9,12-13H,10-11H2,1-5H3. The van der Waals surface area contributed by atoms with Crippen molar-refractivity contribution in [1.82, 2.24) is 9.88 Å². The first-order chi connectivity index (χ1) is 12.3. The summed E-state index contributed by atoms with van der Waals surface area (Å²) in [5, 5.41) is 0.765. The number of nitrogens with zero attached hydrogens (tertiary/aromatic N) is 3. The minimum absolute atomic E-state index is 0.000260. The number of thiazole rings is 1. The lowest BCUT2D eigenvalue weighted by Gasteiger charge is -2.22. The summed E-state index contributed by atoms with van der Waals surface area (Å²) < 4.78 is 1.13. The molecule has 4 nitrogen and oxygen atoms in total. The lowest BCUT2D eigenvalue weighted by Crippen LogP contribution is -2.36. The molecule has 0 saturated carbocycles. The molecule has 0 aliphatic rings. The number of benzene rings is 2. The van der Waals surface area contributed by atoms with Crippen LogP contribution < -0.4 is 4.90 Å². The van der Waals surface area contributed by atoms with E-state index in [0.29, 0.717) is 12.1 Å². The third-order valence-corrected chi connectivity index (χ3v) is 5.39. The molecule has 0 spiro atoms. The van der Waals surface area contributed by atoms with Gasteiger partial charge in [0.2, 0.25) is 0 Å². The molecular formula is C21H25N3OS. The zero-order valence-corrected chi connectivity index (χ0v) is 16.9. The third-order valence-electron chi connectivity index (χ3n) is 4.36. The Morgan fingerprint density at radius 1 is 1.00 bits per heavy atom. The van der Waals surface area contributed by atoms with Gasteiger partial charge in [-0.2, -0.15) is 0 Å². The number of hydrogen-bond donors (Lipinski definition) is 0. The highest BCUT2D eigenvalue weighted by Crippen LogP contribution is 2.32. The molecule has 0 aliphatic carbocycles. The Balaban J connectivity index is 2.01. The Morgan fingerprint density at radius 3 is 2.35 bits per heavy atom. The maximum absolute atomic E-state index is 13.2. The molecule has 1 amide bonds. The number of fused-ring (bicyclic) bond motifs is 1. The van der Waals surface area contributed by atoms with Crippen molar-refractivity contribution < 1.29 is 4.79 Å². The van der Waals surface area contributed by atoms with Gasteiger partial charge in [-0.3, -0.25) is 9.69 Å². The van der Waals surface area contributed by atoms with Crippen LogP contribution in [0.1, 0.15) is 27.0 Å². The summed E-state index contributed by atoms with van der Waals surface area (Å²) in [7, 11) is 4.03. The van der Waals surface area contributed by atoms with E-state index in [9.17, 15) is 4.79 Å². The van der Waals surface area contributed by atoms with Crippen LogP contribution in [-0.4, -0.2) is 43.0 Å². The molecule has 26 heavy (non-hydrogen) atoms. The highest BCUT2D eigenvalue weighted by Gasteiger charge is 2.21. The molecule has 0 radical (unpaired) electrons. The number of hydrogen-bond acceptors (Lipinski definition) is 4. The number of rotatable bonds is 5. The molecule has 5 heteroatoms. The monoisotopic (exact) mass is 367 g/mol. The minimum Gasteiger partial charge on any atom is -0.308 e. The third kappa shape index (κ3) is 3.94. The summed E-state index contributed by atoms with van der Waals surface area (Å²) in [4.78, 5) is 21.9. The van der Waals surface area contributed by atoms with Crippen LogP contribution in [0.3, 0.4) is 0 Å². The smallest absolute Gasteiger partial charge is 0.260 e. The lowest BCUT2D eigenvalue weighted by molar-refractivity contribution is 0.0985. The Bertz CT molecular complexity index is 928. The van der Waals surface area contributed by atoms with Crippen molar-refractivity contribution in [3.05, 3.63) is 58.7 Å². The van der Waals surface area contributed by atoms with E-state index in [-0.39, 0.29) is 5.91 Å². The maximum atomic E-state index is 13.2. The van der Waals surface area contributed by atoms with Crippen molar-refractivity contribution in [1.29, 1.82) is 0 Å². The number of carbonyl (C=O) groups is 1. The lowest BCUT2D eigenvalue weighted by atomic mass is 10.1. The van der Waals surface area contributed by atoms with Gasteiger partial charge in [-0.05, 0) is 64.2 Å². The molecule has 0 saturated heterocycles. The van der Waals surface area contributed by atoms with Crippen molar-refractivity contribution >= 4 is 32.6 Å². The van der Waals surface area contributed by atoms with Crippen molar-refractivity contribution in [3.8, 4) is 0 Å². The van der Waals surface area contributed by atoms with E-state index in [4.69, 9.17) is 4.98 Å². The van der Waals surface area contributed by atoms with Gasteiger partial charge in [0, 0.05) is 18.7 Å². The van der Waals surface area contributed by atoms with Crippen molar-refractivity contribution in [2.45, 2.75) is 20.8 Å². The molecule has 1 aromatic heterocycles. The second kappa shape index (κ2) is 7.56. The first kappa shape index (κ1) is 18.5. The molecule has 1 heterocycles. The van der Waals surface area contributed by atoms with E-state index < -0.39 is 0 Å². The van der Waals surface area contributed by atoms with Crippen LogP contribution in [0.15, 0.2) is 36.4 Å². The fraction of sp³-hybridized carbons (Fsp3) is 0.333. The molecule has 136 valence electrons. The summed E-state index contributed by atoms with van der Waals surface area (Å²) in [6.45, 7) is 7.58. The van der Waals surface area contributed by atoms with Crippen LogP contribution in [0.5, 0.6) is 0 Å². The molecule has 0 fully saturated rings. The second-order valence-corrected chi connectivity index (χ2v) is 8.06. The molecule has 2 aromatic carbocycles. The highest BCUT2D eigenvalue weighted by atomic mass is 32.1. The van der Waals surface area contributed by atoms with Crippen LogP contribution in [0.2, 0.25) is 0 Å². The van der Waals surface area contributed by atoms with Crippen molar-refractivity contribution in [3.63, 3.8) is 0 Å². The predicted molar refractivity (Wildman–Crippen MR) is 111 cm³/mol. The van der Waals surface area contributed by atoms with E-state index >= 15 is 0 Å². The zero-order chi connectivity index (χ0) is 18.8. The quantitative estimate of drug-likeness (QED) is 0.669. The largest absolute Gasteiger partial charge is 0.308 e. The molecule has 0 N–H and O–H groups in total. The number of amides is 1. The van der Waals surface area contributed by atoms with Gasteiger partial charge in [0.05, 0.1) is 10.2 Å². The van der Waals surface area contributed by atoms with Crippen LogP contribution in [-0.2, 0) is 0 Å². The van der Waals surface area contributed by atoms with Crippen LogP contribution in [0.4, 0.5) is 5.13 Å². The Kier molecular flexibility index (Phi) is 5.39. The Labute approximate surface area is 159 Å². The van der Waals surface area contributed by atoms with Gasteiger partial charge in [-0.15, -0.1) is 0 Å². The van der Waals surface area contributed by atoms with E-state index in [1.165, 1.54) is 5.56 Å². The summed E-state index contributed by atoms with van der Waals surface area (Å²) >= 11 is 1.59. The molecule has 0 atom stereocenters. The van der Waals surface area contributed by atoms with Gasteiger partial charge in [0.15, 0.2) is 5.13 Å². The van der Waals surface area contributed by atoms with E-state index in [1.807, 2.05) is 50.2 Å². The number of anilines is 1. The van der Waals surface area contributed by atoms with Crippen molar-refractivity contribution in [2.75, 3.05) is 32.1 Å². The SMILES string of the molecule is Cc1ccc(C(=O)N(CCN(C)C)c2nc3c(C)cc(C)cc3s2)cc1. The minimum atomic E-state index is 0.000260. The molecule has 3 rings (SSSR count). The van der Waals surface area contributed by atoms with Gasteiger partial charge in [0.1, 0.15) is 0 Å². The van der Waals surface area contributed by atoms with Gasteiger partial charge in [-0.1, -0.05) is 35.1 Å². The molecule has 3 aromatic rings. The van der Waals surface area contributed by atoms with Crippen molar-refractivity contribution in [2.24, 2.45) is 0 Å². The van der Waals surface area contributed by atoms with E-state index in [2.05, 4.69) is 30.9 Å². The molecule has 0 aliphatic heterocycles. The molecule has 0 bridgehead atoms. The van der Waals surface area contributed by atoms with E-state index in [1.54, 1.807) is 11.3 Å². The van der Waals surface area contributed by atoms with Crippen LogP contribution >= 0.6 is 11.3 Å². The Hall–Kier alpha value is -2.24. The second-order valence-electron chi connectivity index (χ2n) is 7.05. The fourth-order valence-corrected chi connectivity index (χ4v) is 4.08.